The quantitative estimate of drug-likeness (QED) is 0.658. The largest absolute Gasteiger partial charge is 0.436 e. The van der Waals surface area contributed by atoms with Gasteiger partial charge >= 0.3 is 0 Å². The van der Waals surface area contributed by atoms with Crippen LogP contribution in [0.5, 0.6) is 0 Å². The number of anilines is 1. The molecule has 0 saturated heterocycles. The van der Waals surface area contributed by atoms with E-state index in [2.05, 4.69) is 24.9 Å². The molecule has 3 nitrogen and oxygen atoms in total. The van der Waals surface area contributed by atoms with Crippen LogP contribution in [0.4, 0.5) is 5.69 Å². The van der Waals surface area contributed by atoms with Gasteiger partial charge in [0.05, 0.1) is 0 Å². The third-order valence-electron chi connectivity index (χ3n) is 3.25. The van der Waals surface area contributed by atoms with Crippen LogP contribution < -0.4 is 5.73 Å². The lowest BCUT2D eigenvalue weighted by Crippen LogP contribution is -1.86. The van der Waals surface area contributed by atoms with Gasteiger partial charge in [0.25, 0.3) is 0 Å². The lowest BCUT2D eigenvalue weighted by molar-refractivity contribution is 0.619. The molecule has 0 amide bonds. The maximum Gasteiger partial charge on any atom is 0.227 e. The Balaban J connectivity index is 2.22. The maximum absolute atomic E-state index is 5.78. The van der Waals surface area contributed by atoms with Gasteiger partial charge in [-0.05, 0) is 49.2 Å². The zero-order valence-electron chi connectivity index (χ0n) is 10.4. The normalized spacial score (nSPS) is 11.0. The van der Waals surface area contributed by atoms with Crippen LogP contribution in [-0.2, 0) is 0 Å². The molecule has 0 aliphatic rings. The Morgan fingerprint density at radius 2 is 1.94 bits per heavy atom. The van der Waals surface area contributed by atoms with Crippen LogP contribution in [0.15, 0.2) is 40.8 Å². The van der Waals surface area contributed by atoms with E-state index >= 15 is 0 Å². The van der Waals surface area contributed by atoms with Gasteiger partial charge in [-0.3, -0.25) is 0 Å². The number of nitrogens with zero attached hydrogens (tertiary/aromatic N) is 1. The van der Waals surface area contributed by atoms with E-state index in [4.69, 9.17) is 10.2 Å². The molecule has 3 aromatic rings. The van der Waals surface area contributed by atoms with Gasteiger partial charge in [-0.1, -0.05) is 12.1 Å². The smallest absolute Gasteiger partial charge is 0.227 e. The lowest BCUT2D eigenvalue weighted by atomic mass is 10.0. The molecule has 2 N–H and O–H groups in total. The molecule has 0 atom stereocenters. The van der Waals surface area contributed by atoms with Crippen LogP contribution in [-0.4, -0.2) is 4.98 Å². The first-order chi connectivity index (χ1) is 8.65. The Hall–Kier alpha value is -2.29. The Morgan fingerprint density at radius 1 is 1.11 bits per heavy atom. The summed E-state index contributed by atoms with van der Waals surface area (Å²) in [5.74, 6) is 0.650. The molecule has 90 valence electrons. The molecular formula is C15H14N2O. The molecule has 0 fully saturated rings. The summed E-state index contributed by atoms with van der Waals surface area (Å²) in [6.45, 7) is 4.16. The topological polar surface area (TPSA) is 52.0 Å². The summed E-state index contributed by atoms with van der Waals surface area (Å²) in [6, 6.07) is 11.6. The number of aryl methyl sites for hydroxylation is 1. The number of benzene rings is 2. The fourth-order valence-corrected chi connectivity index (χ4v) is 2.04. The van der Waals surface area contributed by atoms with Crippen molar-refractivity contribution in [3.05, 3.63) is 47.5 Å². The van der Waals surface area contributed by atoms with E-state index in [1.54, 1.807) is 0 Å². The Labute approximate surface area is 105 Å². The standard InChI is InChI=1S/C15H14N2O/c1-9-4-3-5-12(10(9)2)15-17-13-8-11(16)6-7-14(13)18-15/h3-8H,16H2,1-2H3. The second-order valence-corrected chi connectivity index (χ2v) is 4.49. The fourth-order valence-electron chi connectivity index (χ4n) is 2.04. The average Bonchev–Trinajstić information content (AvgIpc) is 2.75. The van der Waals surface area contributed by atoms with Gasteiger partial charge in [0.1, 0.15) is 5.52 Å². The maximum atomic E-state index is 5.78. The van der Waals surface area contributed by atoms with Gasteiger partial charge < -0.3 is 10.2 Å². The highest BCUT2D eigenvalue weighted by Crippen LogP contribution is 2.28. The highest BCUT2D eigenvalue weighted by Gasteiger charge is 2.11. The minimum atomic E-state index is 0.650. The number of nitrogens with two attached hydrogens (primary N) is 1. The molecule has 3 heteroatoms. The van der Waals surface area contributed by atoms with Crippen LogP contribution in [0, 0.1) is 13.8 Å². The van der Waals surface area contributed by atoms with Crippen LogP contribution in [0.2, 0.25) is 0 Å². The molecule has 0 aliphatic carbocycles. The summed E-state index contributed by atoms with van der Waals surface area (Å²) in [4.78, 5) is 4.50. The summed E-state index contributed by atoms with van der Waals surface area (Å²) in [5, 5.41) is 0. The number of oxazole rings is 1. The van der Waals surface area contributed by atoms with Gasteiger partial charge in [0.2, 0.25) is 5.89 Å². The lowest BCUT2D eigenvalue weighted by Gasteiger charge is -2.03. The Bertz CT molecular complexity index is 728. The van der Waals surface area contributed by atoms with Crippen molar-refractivity contribution < 1.29 is 4.42 Å². The van der Waals surface area contributed by atoms with Crippen molar-refractivity contribution in [2.24, 2.45) is 0 Å². The molecule has 1 heterocycles. The Morgan fingerprint density at radius 3 is 2.78 bits per heavy atom. The van der Waals surface area contributed by atoms with E-state index in [1.165, 1.54) is 11.1 Å². The summed E-state index contributed by atoms with van der Waals surface area (Å²) in [7, 11) is 0. The molecular weight excluding hydrogens is 224 g/mol. The van der Waals surface area contributed by atoms with Crippen LogP contribution in [0.3, 0.4) is 0 Å². The first-order valence-corrected chi connectivity index (χ1v) is 5.88. The number of fused-ring (bicyclic) bond motifs is 1. The molecule has 2 aromatic carbocycles. The average molecular weight is 238 g/mol. The molecule has 0 radical (unpaired) electrons. The van der Waals surface area contributed by atoms with Gasteiger partial charge in [0.15, 0.2) is 5.58 Å². The molecule has 3 rings (SSSR count). The van der Waals surface area contributed by atoms with Crippen LogP contribution in [0.25, 0.3) is 22.6 Å². The monoisotopic (exact) mass is 238 g/mol. The fraction of sp³-hybridized carbons (Fsp3) is 0.133. The predicted molar refractivity (Wildman–Crippen MR) is 73.3 cm³/mol. The van der Waals surface area contributed by atoms with Crippen LogP contribution >= 0.6 is 0 Å². The van der Waals surface area contributed by atoms with Gasteiger partial charge in [-0.2, -0.15) is 0 Å². The molecule has 0 bridgehead atoms. The van der Waals surface area contributed by atoms with Crippen molar-refractivity contribution in [3.8, 4) is 11.5 Å². The molecule has 0 spiro atoms. The SMILES string of the molecule is Cc1cccc(-c2nc3cc(N)ccc3o2)c1C. The van der Waals surface area contributed by atoms with Crippen molar-refractivity contribution >= 4 is 16.8 Å². The number of hydrogen-bond acceptors (Lipinski definition) is 3. The third kappa shape index (κ3) is 1.64. The third-order valence-corrected chi connectivity index (χ3v) is 3.25. The highest BCUT2D eigenvalue weighted by molar-refractivity contribution is 5.80. The summed E-state index contributed by atoms with van der Waals surface area (Å²) in [5.41, 5.74) is 11.5. The number of hydrogen-bond donors (Lipinski definition) is 1. The van der Waals surface area contributed by atoms with E-state index in [-0.39, 0.29) is 0 Å². The first kappa shape index (κ1) is 10.8. The van der Waals surface area contributed by atoms with E-state index in [9.17, 15) is 0 Å². The predicted octanol–water partition coefficient (Wildman–Crippen LogP) is 3.69. The van der Waals surface area contributed by atoms with Gasteiger partial charge in [0, 0.05) is 11.3 Å². The molecule has 18 heavy (non-hydrogen) atoms. The highest BCUT2D eigenvalue weighted by atomic mass is 16.3. The molecule has 0 saturated carbocycles. The molecule has 1 aromatic heterocycles. The summed E-state index contributed by atoms with van der Waals surface area (Å²) >= 11 is 0. The van der Waals surface area contributed by atoms with Crippen molar-refractivity contribution in [1.82, 2.24) is 4.98 Å². The number of rotatable bonds is 1. The van der Waals surface area contributed by atoms with E-state index in [1.807, 2.05) is 30.3 Å². The second kappa shape index (κ2) is 3.88. The van der Waals surface area contributed by atoms with Crippen LogP contribution in [0.1, 0.15) is 11.1 Å². The minimum absolute atomic E-state index is 0.650. The number of aromatic nitrogens is 1. The summed E-state index contributed by atoms with van der Waals surface area (Å²) in [6.07, 6.45) is 0. The molecule has 0 unspecified atom stereocenters. The van der Waals surface area contributed by atoms with E-state index in [0.29, 0.717) is 11.6 Å². The Kier molecular flexibility index (Phi) is 2.33. The van der Waals surface area contributed by atoms with Crippen molar-refractivity contribution in [1.29, 1.82) is 0 Å². The zero-order valence-corrected chi connectivity index (χ0v) is 10.4. The van der Waals surface area contributed by atoms with Crippen molar-refractivity contribution in [2.75, 3.05) is 5.73 Å². The van der Waals surface area contributed by atoms with Gasteiger partial charge in [-0.25, -0.2) is 4.98 Å². The zero-order chi connectivity index (χ0) is 12.7. The first-order valence-electron chi connectivity index (χ1n) is 5.88. The van der Waals surface area contributed by atoms with Crippen molar-refractivity contribution in [3.63, 3.8) is 0 Å². The summed E-state index contributed by atoms with van der Waals surface area (Å²) < 4.78 is 5.78. The minimum Gasteiger partial charge on any atom is -0.436 e. The van der Waals surface area contributed by atoms with E-state index < -0.39 is 0 Å². The second-order valence-electron chi connectivity index (χ2n) is 4.49. The van der Waals surface area contributed by atoms with E-state index in [0.717, 1.165) is 16.7 Å². The molecule has 0 aliphatic heterocycles. The van der Waals surface area contributed by atoms with Crippen molar-refractivity contribution in [2.45, 2.75) is 13.8 Å². The van der Waals surface area contributed by atoms with Gasteiger partial charge in [-0.15, -0.1) is 0 Å². The number of nitrogen functional groups attached to an aromatic ring is 1.